The van der Waals surface area contributed by atoms with Gasteiger partial charge in [-0.3, -0.25) is 9.59 Å². The number of hydrogen-bond acceptors (Lipinski definition) is 12. The number of rotatable bonds is 17. The Bertz CT molecular complexity index is 1330. The van der Waals surface area contributed by atoms with Gasteiger partial charge in [0.1, 0.15) is 0 Å². The molecule has 0 saturated carbocycles. The standard InChI is InChI=1S/C30H38I6N2O12/c1-37(25-21(33)15(11(3-39)4-40)19(31)16(22(25)34)12(5-41)6-42)29(49)27(47)28(48)30(50)38(2)26-23(35)17(13(7-43)8-44)20(32)18(24(26)36)14(9-45)10-46/h11-14,27-28,39-48H,3-10H2,1-2H3. The van der Waals surface area contributed by atoms with Gasteiger partial charge in [0.25, 0.3) is 11.8 Å². The molecule has 2 unspecified atom stereocenters. The van der Waals surface area contributed by atoms with Crippen molar-refractivity contribution >= 4 is 159 Å². The highest BCUT2D eigenvalue weighted by atomic mass is 127. The predicted molar refractivity (Wildman–Crippen MR) is 236 cm³/mol. The van der Waals surface area contributed by atoms with Crippen molar-refractivity contribution in [1.82, 2.24) is 0 Å². The molecule has 2 aromatic carbocycles. The van der Waals surface area contributed by atoms with Crippen LogP contribution >= 0.6 is 136 Å². The second-order valence-corrected chi connectivity index (χ2v) is 17.6. The first kappa shape index (κ1) is 47.5. The molecule has 0 aliphatic carbocycles. The van der Waals surface area contributed by atoms with E-state index in [2.05, 4.69) is 0 Å². The normalized spacial score (nSPS) is 13.2. The average molecular weight is 1380 g/mol. The molecule has 50 heavy (non-hydrogen) atoms. The SMILES string of the molecule is CN(C(=O)C(O)C(O)C(=O)N(C)c1c(I)c(C(CO)CO)c(I)c(C(CO)CO)c1I)c1c(I)c(C(CO)CO)c(I)c(C(CO)CO)c1I. The van der Waals surface area contributed by atoms with Crippen molar-refractivity contribution in [2.45, 2.75) is 35.9 Å². The molecule has 2 aromatic rings. The van der Waals surface area contributed by atoms with Crippen molar-refractivity contribution in [1.29, 1.82) is 0 Å². The lowest BCUT2D eigenvalue weighted by Gasteiger charge is -2.32. The van der Waals surface area contributed by atoms with Crippen LogP contribution in [0.5, 0.6) is 0 Å². The highest BCUT2D eigenvalue weighted by molar-refractivity contribution is 14.1. The molecule has 10 N–H and O–H groups in total. The van der Waals surface area contributed by atoms with Gasteiger partial charge in [0.15, 0.2) is 12.2 Å². The number of aliphatic hydroxyl groups excluding tert-OH is 10. The van der Waals surface area contributed by atoms with Crippen molar-refractivity contribution in [2.75, 3.05) is 76.8 Å². The molecular formula is C30H38I6N2O12. The van der Waals surface area contributed by atoms with Crippen molar-refractivity contribution in [2.24, 2.45) is 0 Å². The third-order valence-electron chi connectivity index (χ3n) is 8.26. The zero-order chi connectivity index (χ0) is 38.4. The summed E-state index contributed by atoms with van der Waals surface area (Å²) in [6.45, 7) is -3.67. The summed E-state index contributed by atoms with van der Waals surface area (Å²) < 4.78 is 2.75. The second-order valence-electron chi connectivity index (χ2n) is 11.2. The zero-order valence-corrected chi connectivity index (χ0v) is 39.5. The Labute approximate surface area is 370 Å². The summed E-state index contributed by atoms with van der Waals surface area (Å²) in [5.74, 6) is -5.35. The fraction of sp³-hybridized carbons (Fsp3) is 0.533. The van der Waals surface area contributed by atoms with E-state index in [1.165, 1.54) is 14.1 Å². The van der Waals surface area contributed by atoms with Crippen LogP contribution in [0.25, 0.3) is 0 Å². The summed E-state index contributed by atoms with van der Waals surface area (Å²) in [7, 11) is 2.62. The van der Waals surface area contributed by atoms with E-state index >= 15 is 0 Å². The van der Waals surface area contributed by atoms with Gasteiger partial charge in [-0.15, -0.1) is 0 Å². The Morgan fingerprint density at radius 2 is 0.620 bits per heavy atom. The monoisotopic (exact) mass is 1380 g/mol. The van der Waals surface area contributed by atoms with Gasteiger partial charge in [-0.1, -0.05) is 0 Å². The van der Waals surface area contributed by atoms with Crippen molar-refractivity contribution < 1.29 is 60.7 Å². The quantitative estimate of drug-likeness (QED) is 0.0997. The van der Waals surface area contributed by atoms with Gasteiger partial charge >= 0.3 is 0 Å². The van der Waals surface area contributed by atoms with Crippen LogP contribution in [0.1, 0.15) is 45.9 Å². The molecule has 0 heterocycles. The smallest absolute Gasteiger partial charge is 0.258 e. The van der Waals surface area contributed by atoms with Crippen LogP contribution in [0.15, 0.2) is 0 Å². The summed E-state index contributed by atoms with van der Waals surface area (Å²) in [4.78, 5) is 29.7. The molecular weight excluding hydrogens is 1340 g/mol. The highest BCUT2D eigenvalue weighted by Crippen LogP contribution is 2.45. The highest BCUT2D eigenvalue weighted by Gasteiger charge is 2.39. The second kappa shape index (κ2) is 21.6. The maximum atomic E-state index is 13.8. The fourth-order valence-corrected chi connectivity index (χ4v) is 16.6. The maximum Gasteiger partial charge on any atom is 0.258 e. The number of benzene rings is 2. The van der Waals surface area contributed by atoms with E-state index in [0.717, 1.165) is 9.80 Å². The van der Waals surface area contributed by atoms with Crippen LogP contribution in [0.2, 0.25) is 0 Å². The molecule has 0 fully saturated rings. The van der Waals surface area contributed by atoms with Gasteiger partial charge in [-0.25, -0.2) is 0 Å². The van der Waals surface area contributed by atoms with Gasteiger partial charge < -0.3 is 60.9 Å². The van der Waals surface area contributed by atoms with Gasteiger partial charge in [0.05, 0.1) is 64.2 Å². The van der Waals surface area contributed by atoms with Crippen LogP contribution in [-0.2, 0) is 9.59 Å². The number of likely N-dealkylation sites (N-methyl/N-ethyl adjacent to an activating group) is 2. The lowest BCUT2D eigenvalue weighted by Crippen LogP contribution is -2.51. The number of halogens is 6. The van der Waals surface area contributed by atoms with Crippen molar-refractivity contribution in [3.8, 4) is 0 Å². The van der Waals surface area contributed by atoms with Crippen molar-refractivity contribution in [3.63, 3.8) is 0 Å². The lowest BCUT2D eigenvalue weighted by atomic mass is 9.92. The molecule has 2 atom stereocenters. The van der Waals surface area contributed by atoms with E-state index in [1.807, 2.05) is 136 Å². The number of nitrogens with zero attached hydrogens (tertiary/aromatic N) is 2. The van der Waals surface area contributed by atoms with Gasteiger partial charge in [0.2, 0.25) is 0 Å². The van der Waals surface area contributed by atoms with Crippen LogP contribution < -0.4 is 9.80 Å². The lowest BCUT2D eigenvalue weighted by molar-refractivity contribution is -0.142. The number of hydrogen-bond donors (Lipinski definition) is 10. The average Bonchev–Trinajstić information content (AvgIpc) is 3.10. The summed E-state index contributed by atoms with van der Waals surface area (Å²) in [5.41, 5.74) is 2.18. The first-order chi connectivity index (χ1) is 23.5. The number of aliphatic hydroxyl groups is 10. The molecule has 0 saturated heterocycles. The molecule has 0 bridgehead atoms. The molecule has 0 aromatic heterocycles. The van der Waals surface area contributed by atoms with E-state index in [9.17, 15) is 60.7 Å². The number of carbonyl (C=O) groups excluding carboxylic acids is 2. The maximum absolute atomic E-state index is 13.8. The van der Waals surface area contributed by atoms with E-state index < -0.39 is 101 Å². The molecule has 2 amide bonds. The van der Waals surface area contributed by atoms with Crippen LogP contribution in [0.4, 0.5) is 11.4 Å². The number of amides is 2. The fourth-order valence-electron chi connectivity index (χ4n) is 5.25. The zero-order valence-electron chi connectivity index (χ0n) is 26.6. The Balaban J connectivity index is 2.71. The number of anilines is 2. The third-order valence-corrected chi connectivity index (χ3v) is 14.9. The van der Waals surface area contributed by atoms with E-state index in [-0.39, 0.29) is 11.4 Å². The first-order valence-corrected chi connectivity index (χ1v) is 21.2. The minimum atomic E-state index is -2.30. The van der Waals surface area contributed by atoms with Crippen LogP contribution in [0.3, 0.4) is 0 Å². The number of carbonyl (C=O) groups is 2. The Morgan fingerprint density at radius 1 is 0.440 bits per heavy atom. The largest absolute Gasteiger partial charge is 0.396 e. The van der Waals surface area contributed by atoms with Gasteiger partial charge in [-0.05, 0) is 158 Å². The minimum Gasteiger partial charge on any atom is -0.396 e. The molecule has 0 spiro atoms. The summed E-state index contributed by atoms with van der Waals surface area (Å²) in [6, 6.07) is 0. The predicted octanol–water partition coefficient (Wildman–Crippen LogP) is 0.935. The Morgan fingerprint density at radius 3 is 0.780 bits per heavy atom. The van der Waals surface area contributed by atoms with Gasteiger partial charge in [-0.2, -0.15) is 0 Å². The molecule has 282 valence electrons. The van der Waals surface area contributed by atoms with Gasteiger partial charge in [0, 0.05) is 59.2 Å². The molecule has 0 radical (unpaired) electrons. The van der Waals surface area contributed by atoms with E-state index in [0.29, 0.717) is 43.7 Å². The molecule has 14 nitrogen and oxygen atoms in total. The molecule has 0 aliphatic rings. The summed E-state index contributed by atoms with van der Waals surface area (Å²) >= 11 is 11.7. The Hall–Kier alpha value is 1.36. The van der Waals surface area contributed by atoms with Crippen molar-refractivity contribution in [3.05, 3.63) is 43.7 Å². The summed E-state index contributed by atoms with van der Waals surface area (Å²) in [6.07, 6.45) is -4.59. The first-order valence-electron chi connectivity index (χ1n) is 14.7. The van der Waals surface area contributed by atoms with Crippen LogP contribution in [-0.4, -0.2) is 142 Å². The van der Waals surface area contributed by atoms with E-state index in [1.54, 1.807) is 0 Å². The molecule has 20 heteroatoms. The summed E-state index contributed by atoms with van der Waals surface area (Å²) in [5, 5.41) is 103. The third kappa shape index (κ3) is 9.65. The Kier molecular flexibility index (Phi) is 20.5. The van der Waals surface area contributed by atoms with Crippen LogP contribution in [0, 0.1) is 21.4 Å². The molecule has 2 rings (SSSR count). The van der Waals surface area contributed by atoms with E-state index in [4.69, 9.17) is 0 Å². The topological polar surface area (TPSA) is 243 Å². The minimum absolute atomic E-state index is 0.196. The molecule has 0 aliphatic heterocycles.